The second kappa shape index (κ2) is 8.18. The first-order valence-electron chi connectivity index (χ1n) is 8.62. The van der Waals surface area contributed by atoms with Gasteiger partial charge in [0.15, 0.2) is 0 Å². The van der Waals surface area contributed by atoms with Gasteiger partial charge in [0.05, 0.1) is 24.2 Å². The van der Waals surface area contributed by atoms with Gasteiger partial charge < -0.3 is 9.84 Å². The summed E-state index contributed by atoms with van der Waals surface area (Å²) in [6.45, 7) is 5.44. The number of aryl methyl sites for hydroxylation is 1. The lowest BCUT2D eigenvalue weighted by atomic mass is 10.1. The number of nitrogens with zero attached hydrogens (tertiary/aromatic N) is 1. The number of rotatable bonds is 6. The fourth-order valence-electron chi connectivity index (χ4n) is 2.84. The Bertz CT molecular complexity index is 814. The molecule has 0 spiro atoms. The Morgan fingerprint density at radius 2 is 1.69 bits per heavy atom. The quantitative estimate of drug-likeness (QED) is 0.808. The molecule has 1 unspecified atom stereocenters. The number of anilines is 1. The summed E-state index contributed by atoms with van der Waals surface area (Å²) < 4.78 is 32.7. The second-order valence-electron chi connectivity index (χ2n) is 6.47. The van der Waals surface area contributed by atoms with Crippen LogP contribution in [0.4, 0.5) is 5.69 Å². The van der Waals surface area contributed by atoms with Crippen molar-refractivity contribution in [3.63, 3.8) is 0 Å². The molecule has 2 aromatic carbocycles. The predicted octanol–water partition coefficient (Wildman–Crippen LogP) is 2.16. The molecule has 6 nitrogen and oxygen atoms in total. The van der Waals surface area contributed by atoms with E-state index in [4.69, 9.17) is 4.74 Å². The molecule has 0 radical (unpaired) electrons. The maximum atomic E-state index is 12.4. The molecule has 140 valence electrons. The van der Waals surface area contributed by atoms with Crippen molar-refractivity contribution in [2.24, 2.45) is 0 Å². The van der Waals surface area contributed by atoms with Gasteiger partial charge >= 0.3 is 0 Å². The minimum absolute atomic E-state index is 0.222. The molecule has 0 aromatic heterocycles. The van der Waals surface area contributed by atoms with E-state index in [1.165, 1.54) is 0 Å². The summed E-state index contributed by atoms with van der Waals surface area (Å²) in [4.78, 5) is 2.38. The van der Waals surface area contributed by atoms with E-state index in [2.05, 4.69) is 9.62 Å². The van der Waals surface area contributed by atoms with Crippen LogP contribution in [0.2, 0.25) is 0 Å². The topological polar surface area (TPSA) is 78.9 Å². The lowest BCUT2D eigenvalue weighted by molar-refractivity contribution is 0.0143. The van der Waals surface area contributed by atoms with Crippen LogP contribution in [-0.4, -0.2) is 51.3 Å². The number of aliphatic hydroxyl groups is 1. The standard InChI is InChI=1S/C19H24N2O4S/c1-15-2-8-18(9-3-15)26(23,24)20-17-6-4-16(5-7-17)19(22)14-21-10-12-25-13-11-21/h2-9,19-20,22H,10-14H2,1H3. The number of morpholine rings is 1. The molecule has 1 heterocycles. The van der Waals surface area contributed by atoms with Gasteiger partial charge in [0, 0.05) is 25.3 Å². The van der Waals surface area contributed by atoms with Gasteiger partial charge in [-0.05, 0) is 36.8 Å². The van der Waals surface area contributed by atoms with E-state index in [-0.39, 0.29) is 4.90 Å². The van der Waals surface area contributed by atoms with Crippen molar-refractivity contribution in [2.75, 3.05) is 37.6 Å². The first-order valence-corrected chi connectivity index (χ1v) is 10.1. The lowest BCUT2D eigenvalue weighted by Gasteiger charge is -2.28. The molecule has 1 atom stereocenters. The lowest BCUT2D eigenvalue weighted by Crippen LogP contribution is -2.38. The zero-order chi connectivity index (χ0) is 18.6. The van der Waals surface area contributed by atoms with Crippen LogP contribution in [0.5, 0.6) is 0 Å². The van der Waals surface area contributed by atoms with E-state index >= 15 is 0 Å². The third-order valence-electron chi connectivity index (χ3n) is 4.41. The van der Waals surface area contributed by atoms with Crippen molar-refractivity contribution in [1.82, 2.24) is 4.90 Å². The summed E-state index contributed by atoms with van der Waals surface area (Å²) in [5, 5.41) is 10.4. The number of sulfonamides is 1. The first kappa shape index (κ1) is 18.8. The molecule has 2 N–H and O–H groups in total. The maximum Gasteiger partial charge on any atom is 0.261 e. The van der Waals surface area contributed by atoms with Gasteiger partial charge in [-0.1, -0.05) is 29.8 Å². The highest BCUT2D eigenvalue weighted by Crippen LogP contribution is 2.20. The Kier molecular flexibility index (Phi) is 5.93. The molecular weight excluding hydrogens is 352 g/mol. The fourth-order valence-corrected chi connectivity index (χ4v) is 3.90. The van der Waals surface area contributed by atoms with Crippen molar-refractivity contribution in [1.29, 1.82) is 0 Å². The van der Waals surface area contributed by atoms with Crippen LogP contribution in [0.25, 0.3) is 0 Å². The minimum atomic E-state index is -3.62. The Labute approximate surface area is 154 Å². The highest BCUT2D eigenvalue weighted by molar-refractivity contribution is 7.92. The van der Waals surface area contributed by atoms with Gasteiger partial charge in [0.1, 0.15) is 0 Å². The third-order valence-corrected chi connectivity index (χ3v) is 5.81. The summed E-state index contributed by atoms with van der Waals surface area (Å²) in [5.74, 6) is 0. The molecule has 0 amide bonds. The van der Waals surface area contributed by atoms with Gasteiger partial charge in [-0.25, -0.2) is 8.42 Å². The molecule has 1 aliphatic heterocycles. The molecule has 1 fully saturated rings. The number of benzene rings is 2. The molecule has 1 aliphatic rings. The number of nitrogens with one attached hydrogen (secondary N) is 1. The zero-order valence-electron chi connectivity index (χ0n) is 14.8. The average Bonchev–Trinajstić information content (AvgIpc) is 2.63. The minimum Gasteiger partial charge on any atom is -0.387 e. The highest BCUT2D eigenvalue weighted by Gasteiger charge is 2.17. The van der Waals surface area contributed by atoms with Gasteiger partial charge in [0.2, 0.25) is 0 Å². The third kappa shape index (κ3) is 4.82. The van der Waals surface area contributed by atoms with E-state index in [1.54, 1.807) is 48.5 Å². The SMILES string of the molecule is Cc1ccc(S(=O)(=O)Nc2ccc(C(O)CN3CCOCC3)cc2)cc1. The van der Waals surface area contributed by atoms with E-state index in [0.29, 0.717) is 25.4 Å². The van der Waals surface area contributed by atoms with Crippen molar-refractivity contribution in [3.8, 4) is 0 Å². The van der Waals surface area contributed by atoms with E-state index in [9.17, 15) is 13.5 Å². The van der Waals surface area contributed by atoms with Crippen LogP contribution in [0.1, 0.15) is 17.2 Å². The number of hydrogen-bond donors (Lipinski definition) is 2. The average molecular weight is 376 g/mol. The monoisotopic (exact) mass is 376 g/mol. The number of hydrogen-bond acceptors (Lipinski definition) is 5. The van der Waals surface area contributed by atoms with Crippen LogP contribution in [0, 0.1) is 6.92 Å². The predicted molar refractivity (Wildman–Crippen MR) is 101 cm³/mol. The molecule has 0 bridgehead atoms. The Hall–Kier alpha value is -1.93. The Balaban J connectivity index is 1.64. The van der Waals surface area contributed by atoms with Crippen LogP contribution in [0.3, 0.4) is 0 Å². The summed E-state index contributed by atoms with van der Waals surface area (Å²) in [6, 6.07) is 13.5. The molecule has 2 aromatic rings. The van der Waals surface area contributed by atoms with Crippen molar-refractivity contribution >= 4 is 15.7 Å². The van der Waals surface area contributed by atoms with E-state index < -0.39 is 16.1 Å². The molecular formula is C19H24N2O4S. The Morgan fingerprint density at radius 1 is 1.08 bits per heavy atom. The zero-order valence-corrected chi connectivity index (χ0v) is 15.6. The molecule has 3 rings (SSSR count). The van der Waals surface area contributed by atoms with Gasteiger partial charge in [-0.3, -0.25) is 9.62 Å². The van der Waals surface area contributed by atoms with Crippen LogP contribution < -0.4 is 4.72 Å². The summed E-state index contributed by atoms with van der Waals surface area (Å²) in [7, 11) is -3.62. The number of β-amino-alcohol motifs (C(OH)–C–C–N with tert-alkyl or cyclic N) is 1. The van der Waals surface area contributed by atoms with Crippen LogP contribution in [-0.2, 0) is 14.8 Å². The first-order chi connectivity index (χ1) is 12.4. The van der Waals surface area contributed by atoms with Gasteiger partial charge in [-0.15, -0.1) is 0 Å². The number of aliphatic hydroxyl groups excluding tert-OH is 1. The maximum absolute atomic E-state index is 12.4. The summed E-state index contributed by atoms with van der Waals surface area (Å²) in [6.07, 6.45) is -0.615. The van der Waals surface area contributed by atoms with E-state index in [0.717, 1.165) is 24.2 Å². The van der Waals surface area contributed by atoms with Crippen molar-refractivity contribution in [3.05, 3.63) is 59.7 Å². The van der Waals surface area contributed by atoms with Gasteiger partial charge in [-0.2, -0.15) is 0 Å². The van der Waals surface area contributed by atoms with Crippen molar-refractivity contribution in [2.45, 2.75) is 17.9 Å². The molecule has 0 saturated carbocycles. The second-order valence-corrected chi connectivity index (χ2v) is 8.15. The van der Waals surface area contributed by atoms with E-state index in [1.807, 2.05) is 6.92 Å². The fraction of sp³-hybridized carbons (Fsp3) is 0.368. The van der Waals surface area contributed by atoms with Crippen LogP contribution >= 0.6 is 0 Å². The highest BCUT2D eigenvalue weighted by atomic mass is 32.2. The normalized spacial score (nSPS) is 17.0. The van der Waals surface area contributed by atoms with Gasteiger partial charge in [0.25, 0.3) is 10.0 Å². The number of ether oxygens (including phenoxy) is 1. The molecule has 26 heavy (non-hydrogen) atoms. The van der Waals surface area contributed by atoms with Crippen molar-refractivity contribution < 1.29 is 18.3 Å². The van der Waals surface area contributed by atoms with Crippen LogP contribution in [0.15, 0.2) is 53.4 Å². The molecule has 1 saturated heterocycles. The Morgan fingerprint density at radius 3 is 2.31 bits per heavy atom. The largest absolute Gasteiger partial charge is 0.387 e. The molecule has 0 aliphatic carbocycles. The summed E-state index contributed by atoms with van der Waals surface area (Å²) >= 11 is 0. The smallest absolute Gasteiger partial charge is 0.261 e. The summed E-state index contributed by atoms with van der Waals surface area (Å²) in [5.41, 5.74) is 2.23. The molecule has 7 heteroatoms.